The van der Waals surface area contributed by atoms with Crippen molar-refractivity contribution in [3.05, 3.63) is 80.7 Å². The third-order valence-corrected chi connectivity index (χ3v) is 8.72. The molecule has 1 atom stereocenters. The normalized spacial score (nSPS) is 16.8. The molecule has 3 aliphatic rings. The number of halogens is 4. The molecule has 3 aromatic rings. The first-order chi connectivity index (χ1) is 22.6. The molecule has 1 saturated heterocycles. The van der Waals surface area contributed by atoms with Gasteiger partial charge in [-0.2, -0.15) is 13.5 Å². The van der Waals surface area contributed by atoms with Gasteiger partial charge in [0.1, 0.15) is 22.7 Å². The first-order valence-electron chi connectivity index (χ1n) is 14.9. The molecule has 0 bridgehead atoms. The maximum atomic E-state index is 13.5. The molecule has 1 saturated carbocycles. The highest BCUT2D eigenvalue weighted by Crippen LogP contribution is 2.38. The van der Waals surface area contributed by atoms with E-state index >= 15 is 0 Å². The molecule has 47 heavy (non-hydrogen) atoms. The van der Waals surface area contributed by atoms with Gasteiger partial charge in [0, 0.05) is 30.8 Å². The summed E-state index contributed by atoms with van der Waals surface area (Å²) in [6, 6.07) is 9.11. The van der Waals surface area contributed by atoms with Crippen LogP contribution in [0.15, 0.2) is 48.8 Å². The number of amides is 1. The Hall–Kier alpha value is -4.20. The lowest BCUT2D eigenvalue weighted by Gasteiger charge is -2.29. The summed E-state index contributed by atoms with van der Waals surface area (Å²) in [4.78, 5) is 42.5. The van der Waals surface area contributed by atoms with Crippen LogP contribution in [0, 0.1) is 11.1 Å². The fourth-order valence-electron chi connectivity index (χ4n) is 5.44. The molecule has 2 aromatic carbocycles. The summed E-state index contributed by atoms with van der Waals surface area (Å²) in [5.74, 6) is -2.41. The number of ketones is 1. The van der Waals surface area contributed by atoms with E-state index in [1.807, 2.05) is 4.90 Å². The summed E-state index contributed by atoms with van der Waals surface area (Å²) < 4.78 is 48.5. The molecular weight excluding hydrogens is 663 g/mol. The number of hydrogen-bond donors (Lipinski definition) is 0. The number of alkyl halides is 2. The van der Waals surface area contributed by atoms with Gasteiger partial charge in [-0.05, 0) is 54.7 Å². The van der Waals surface area contributed by atoms with E-state index in [0.717, 1.165) is 35.8 Å². The van der Waals surface area contributed by atoms with Crippen molar-refractivity contribution < 1.29 is 46.8 Å². The van der Waals surface area contributed by atoms with E-state index in [-0.39, 0.29) is 51.4 Å². The predicted molar refractivity (Wildman–Crippen MR) is 165 cm³/mol. The van der Waals surface area contributed by atoms with Gasteiger partial charge < -0.3 is 29.1 Å². The Balaban J connectivity index is 1.29. The molecule has 0 radical (unpaired) electrons. The molecule has 15 heteroatoms. The molecule has 1 aliphatic carbocycles. The zero-order valence-corrected chi connectivity index (χ0v) is 26.3. The molecule has 2 aliphatic heterocycles. The monoisotopic (exact) mass is 691 g/mol. The van der Waals surface area contributed by atoms with Crippen molar-refractivity contribution >= 4 is 52.2 Å². The zero-order valence-electron chi connectivity index (χ0n) is 24.8. The number of hydrogen-bond acceptors (Lipinski definition) is 9. The Kier molecular flexibility index (Phi) is 9.67. The number of fused-ring (bicyclic) bond motifs is 1. The number of anilines is 2. The molecule has 1 unspecified atom stereocenters. The molecule has 1 aromatic heterocycles. The second kappa shape index (κ2) is 13.9. The van der Waals surface area contributed by atoms with Gasteiger partial charge in [-0.1, -0.05) is 29.3 Å². The molecule has 11 nitrogen and oxygen atoms in total. The van der Waals surface area contributed by atoms with Crippen LogP contribution in [0.3, 0.4) is 0 Å². The summed E-state index contributed by atoms with van der Waals surface area (Å²) in [5, 5.41) is 11.9. The van der Waals surface area contributed by atoms with E-state index in [2.05, 4.69) is 4.74 Å². The minimum absolute atomic E-state index is 0.00120. The number of carbonyl (C=O) groups is 3. The molecule has 0 spiro atoms. The van der Waals surface area contributed by atoms with Gasteiger partial charge in [-0.3, -0.25) is 19.3 Å². The molecule has 0 N–H and O–H groups in total. The van der Waals surface area contributed by atoms with E-state index < -0.39 is 36.9 Å². The quantitative estimate of drug-likeness (QED) is 0.113. The number of rotatable bonds is 12. The van der Waals surface area contributed by atoms with Gasteiger partial charge >= 0.3 is 12.6 Å². The highest BCUT2D eigenvalue weighted by molar-refractivity contribution is 6.52. The molecular formula is C32H29Cl2F2N3O8. The maximum Gasteiger partial charge on any atom is 0.387 e. The van der Waals surface area contributed by atoms with Crippen molar-refractivity contribution in [2.24, 2.45) is 5.92 Å². The number of nitrogens with zero attached hydrogens (tertiary/aromatic N) is 3. The van der Waals surface area contributed by atoms with E-state index in [1.165, 1.54) is 18.2 Å². The van der Waals surface area contributed by atoms with Gasteiger partial charge in [-0.15, -0.1) is 0 Å². The third-order valence-electron chi connectivity index (χ3n) is 8.07. The first-order valence-corrected chi connectivity index (χ1v) is 15.6. The van der Waals surface area contributed by atoms with E-state index in [9.17, 15) is 28.4 Å². The Morgan fingerprint density at radius 1 is 1.04 bits per heavy atom. The minimum Gasteiger partial charge on any atom is -0.619 e. The number of pyridine rings is 1. The number of ether oxygens (including phenoxy) is 4. The highest BCUT2D eigenvalue weighted by Gasteiger charge is 2.38. The topological polar surface area (TPSA) is 122 Å². The fraction of sp³-hybridized carbons (Fsp3) is 0.375. The molecule has 1 amide bonds. The van der Waals surface area contributed by atoms with Crippen molar-refractivity contribution in [3.8, 4) is 11.5 Å². The van der Waals surface area contributed by atoms with Crippen LogP contribution in [0.1, 0.15) is 40.4 Å². The van der Waals surface area contributed by atoms with Crippen LogP contribution in [0.2, 0.25) is 10.0 Å². The van der Waals surface area contributed by atoms with Crippen LogP contribution < -0.4 is 24.0 Å². The van der Waals surface area contributed by atoms with Crippen molar-refractivity contribution in [3.63, 3.8) is 0 Å². The minimum atomic E-state index is -3.11. The molecule has 6 rings (SSSR count). The second-order valence-corrected chi connectivity index (χ2v) is 12.1. The van der Waals surface area contributed by atoms with Crippen molar-refractivity contribution in [2.75, 3.05) is 49.3 Å². The summed E-state index contributed by atoms with van der Waals surface area (Å²) in [6.45, 7) is -1.13. The van der Waals surface area contributed by atoms with E-state index in [0.29, 0.717) is 42.5 Å². The number of carbonyl (C=O) groups excluding carboxylic acids is 3. The van der Waals surface area contributed by atoms with E-state index in [4.69, 9.17) is 37.4 Å². The van der Waals surface area contributed by atoms with Crippen LogP contribution in [0.25, 0.3) is 0 Å². The van der Waals surface area contributed by atoms with Crippen molar-refractivity contribution in [1.29, 1.82) is 0 Å². The number of morpholine rings is 1. The average molecular weight is 692 g/mol. The summed E-state index contributed by atoms with van der Waals surface area (Å²) in [6.07, 6.45) is 2.80. The van der Waals surface area contributed by atoms with Gasteiger partial charge in [0.2, 0.25) is 0 Å². The lowest BCUT2D eigenvalue weighted by atomic mass is 10.0. The smallest absolute Gasteiger partial charge is 0.387 e. The first kappa shape index (κ1) is 32.7. The Morgan fingerprint density at radius 2 is 1.77 bits per heavy atom. The van der Waals surface area contributed by atoms with Crippen molar-refractivity contribution in [1.82, 2.24) is 0 Å². The van der Waals surface area contributed by atoms with Gasteiger partial charge in [0.05, 0.1) is 31.1 Å². The molecule has 3 heterocycles. The second-order valence-electron chi connectivity index (χ2n) is 11.3. The maximum absolute atomic E-state index is 13.5. The van der Waals surface area contributed by atoms with E-state index in [1.54, 1.807) is 18.2 Å². The molecule has 248 valence electrons. The largest absolute Gasteiger partial charge is 0.619 e. The number of Topliss-reactive ketones (excluding diaryl/α,β-unsaturated/α-hetero) is 1. The van der Waals surface area contributed by atoms with Crippen LogP contribution in [0.5, 0.6) is 11.5 Å². The summed E-state index contributed by atoms with van der Waals surface area (Å²) >= 11 is 12.7. The number of aromatic nitrogens is 1. The Labute approximate surface area is 278 Å². The van der Waals surface area contributed by atoms with Crippen LogP contribution in [-0.2, 0) is 25.5 Å². The van der Waals surface area contributed by atoms with Crippen LogP contribution in [-0.4, -0.2) is 63.7 Å². The average Bonchev–Trinajstić information content (AvgIpc) is 3.85. The zero-order chi connectivity index (χ0) is 33.2. The van der Waals surface area contributed by atoms with Gasteiger partial charge in [0.15, 0.2) is 23.9 Å². The third kappa shape index (κ3) is 7.53. The predicted octanol–water partition coefficient (Wildman–Crippen LogP) is 4.91. The van der Waals surface area contributed by atoms with Crippen molar-refractivity contribution in [2.45, 2.75) is 32.0 Å². The summed E-state index contributed by atoms with van der Waals surface area (Å²) in [5.41, 5.74) is 1.79. The number of benzene rings is 2. The Bertz CT molecular complexity index is 1680. The Morgan fingerprint density at radius 3 is 2.45 bits per heavy atom. The summed E-state index contributed by atoms with van der Waals surface area (Å²) in [7, 11) is 0. The lowest BCUT2D eigenvalue weighted by molar-refractivity contribution is -0.605. The fourth-order valence-corrected chi connectivity index (χ4v) is 6.04. The SMILES string of the molecule is O=C(CN1C(=O)C(=O)c2ccc(N3CCOCC3)cc21)OC(Cc1c(Cl)c[n+]([O-])cc1Cl)c1ccc(OC(F)F)c(OCC2CC2)c1. The number of esters is 1. The standard InChI is InChI=1S/C32H29Cl2F2N3O8/c33-23-14-38(43)15-24(34)22(23)13-27(19-3-6-26(47-32(35)36)28(11-19)45-17-18-1-2-18)46-29(40)16-39-25-12-20(37-7-9-44-10-8-37)4-5-21(25)30(41)31(39)42/h3-6,11-12,14-15,18,27,32H,1-2,7-10,13,16-17H2. The van der Waals surface area contributed by atoms with Gasteiger partial charge in [0.25, 0.3) is 11.7 Å². The highest BCUT2D eigenvalue weighted by atomic mass is 35.5. The molecule has 2 fully saturated rings. The van der Waals surface area contributed by atoms with Gasteiger partial charge in [-0.25, -0.2) is 0 Å². The lowest BCUT2D eigenvalue weighted by Crippen LogP contribution is -2.37. The van der Waals surface area contributed by atoms with Crippen LogP contribution in [0.4, 0.5) is 20.2 Å². The van der Waals surface area contributed by atoms with Crippen LogP contribution >= 0.6 is 23.2 Å².